The summed E-state index contributed by atoms with van der Waals surface area (Å²) in [6, 6.07) is 4.63. The Labute approximate surface area is 119 Å². The van der Waals surface area contributed by atoms with Crippen LogP contribution in [0.25, 0.3) is 0 Å². The van der Waals surface area contributed by atoms with Crippen molar-refractivity contribution in [1.82, 2.24) is 5.32 Å². The highest BCUT2D eigenvalue weighted by Gasteiger charge is 2.21. The summed E-state index contributed by atoms with van der Waals surface area (Å²) >= 11 is 3.27. The monoisotopic (exact) mass is 330 g/mol. The van der Waals surface area contributed by atoms with E-state index in [1.165, 1.54) is 6.07 Å². The van der Waals surface area contributed by atoms with Crippen LogP contribution < -0.4 is 10.1 Å². The second-order valence-corrected chi connectivity index (χ2v) is 5.32. The molecule has 0 bridgehead atoms. The molecular formula is C12H15BrN2O4. The number of rotatable bonds is 4. The Morgan fingerprint density at radius 3 is 3.05 bits per heavy atom. The smallest absolute Gasteiger partial charge is 0.310 e. The molecule has 2 rings (SSSR count). The highest BCUT2D eigenvalue weighted by Crippen LogP contribution is 2.30. The van der Waals surface area contributed by atoms with Crippen LogP contribution >= 0.6 is 15.9 Å². The molecule has 1 aromatic rings. The zero-order valence-electron chi connectivity index (χ0n) is 10.5. The molecule has 1 aliphatic rings. The number of halogens is 1. The number of nitro groups is 1. The number of nitro benzene ring substituents is 1. The van der Waals surface area contributed by atoms with E-state index in [0.717, 1.165) is 11.0 Å². The lowest BCUT2D eigenvalue weighted by molar-refractivity contribution is -0.386. The molecule has 1 heterocycles. The predicted octanol–water partition coefficient (Wildman–Crippen LogP) is 2.11. The molecule has 104 valence electrons. The van der Waals surface area contributed by atoms with Gasteiger partial charge in [0.25, 0.3) is 0 Å². The molecule has 0 saturated carbocycles. The van der Waals surface area contributed by atoms with Gasteiger partial charge in [-0.25, -0.2) is 0 Å². The van der Waals surface area contributed by atoms with Crippen LogP contribution in [0.4, 0.5) is 5.69 Å². The maximum atomic E-state index is 10.9. The first-order valence-electron chi connectivity index (χ1n) is 5.99. The number of hydrogen-bond donors (Lipinski definition) is 1. The first-order chi connectivity index (χ1) is 9.06. The summed E-state index contributed by atoms with van der Waals surface area (Å²) in [5.41, 5.74) is -0.0417. The van der Waals surface area contributed by atoms with Gasteiger partial charge in [-0.3, -0.25) is 10.1 Å². The van der Waals surface area contributed by atoms with Gasteiger partial charge in [0.1, 0.15) is 12.7 Å². The average Bonchev–Trinajstić information content (AvgIpc) is 2.36. The van der Waals surface area contributed by atoms with Crippen molar-refractivity contribution in [3.8, 4) is 5.75 Å². The number of hydrogen-bond acceptors (Lipinski definition) is 5. The minimum Gasteiger partial charge on any atom is -0.484 e. The number of nitrogens with one attached hydrogen (secondary N) is 1. The van der Waals surface area contributed by atoms with Gasteiger partial charge < -0.3 is 14.8 Å². The molecule has 0 aromatic heterocycles. The summed E-state index contributed by atoms with van der Waals surface area (Å²) in [5.74, 6) is 0.251. The summed E-state index contributed by atoms with van der Waals surface area (Å²) in [4.78, 5) is 10.4. The lowest BCUT2D eigenvalue weighted by Gasteiger charge is -2.28. The minimum atomic E-state index is -0.454. The van der Waals surface area contributed by atoms with E-state index in [9.17, 15) is 10.1 Å². The van der Waals surface area contributed by atoms with Gasteiger partial charge in [-0.2, -0.15) is 0 Å². The first-order valence-corrected chi connectivity index (χ1v) is 6.78. The Balaban J connectivity index is 2.02. The van der Waals surface area contributed by atoms with Gasteiger partial charge in [0.15, 0.2) is 5.75 Å². The fourth-order valence-electron chi connectivity index (χ4n) is 1.91. The molecule has 1 aliphatic heterocycles. The first kappa shape index (κ1) is 14.2. The number of benzene rings is 1. The zero-order chi connectivity index (χ0) is 13.8. The van der Waals surface area contributed by atoms with Crippen LogP contribution in [0.1, 0.15) is 6.92 Å². The number of ether oxygens (including phenoxy) is 2. The highest BCUT2D eigenvalue weighted by molar-refractivity contribution is 9.10. The largest absolute Gasteiger partial charge is 0.484 e. The fourth-order valence-corrected chi connectivity index (χ4v) is 2.25. The Kier molecular flexibility index (Phi) is 4.73. The topological polar surface area (TPSA) is 73.6 Å². The van der Waals surface area contributed by atoms with Crippen molar-refractivity contribution in [1.29, 1.82) is 0 Å². The van der Waals surface area contributed by atoms with Crippen molar-refractivity contribution in [2.75, 3.05) is 19.7 Å². The van der Waals surface area contributed by atoms with Gasteiger partial charge in [-0.15, -0.1) is 0 Å². The second kappa shape index (κ2) is 6.31. The van der Waals surface area contributed by atoms with E-state index in [0.29, 0.717) is 6.54 Å². The van der Waals surface area contributed by atoms with Gasteiger partial charge in [0, 0.05) is 29.7 Å². The third kappa shape index (κ3) is 3.89. The number of morpholine rings is 1. The van der Waals surface area contributed by atoms with Gasteiger partial charge in [0.2, 0.25) is 0 Å². The van der Waals surface area contributed by atoms with Crippen molar-refractivity contribution in [3.63, 3.8) is 0 Å². The van der Waals surface area contributed by atoms with Crippen LogP contribution in [0.5, 0.6) is 5.75 Å². The van der Waals surface area contributed by atoms with Crippen LogP contribution in [0, 0.1) is 10.1 Å². The van der Waals surface area contributed by atoms with Gasteiger partial charge in [-0.05, 0) is 13.0 Å². The normalized spacial score (nSPS) is 23.1. The third-order valence-electron chi connectivity index (χ3n) is 2.77. The number of nitrogens with zero attached hydrogens (tertiary/aromatic N) is 1. The summed E-state index contributed by atoms with van der Waals surface area (Å²) in [5, 5.41) is 14.1. The molecule has 0 radical (unpaired) electrons. The van der Waals surface area contributed by atoms with Gasteiger partial charge in [0.05, 0.1) is 11.0 Å². The minimum absolute atomic E-state index is 0.0417. The van der Waals surface area contributed by atoms with E-state index in [2.05, 4.69) is 21.2 Å². The highest BCUT2D eigenvalue weighted by atomic mass is 79.9. The van der Waals surface area contributed by atoms with Crippen molar-refractivity contribution < 1.29 is 14.4 Å². The Morgan fingerprint density at radius 1 is 1.58 bits per heavy atom. The molecule has 2 unspecified atom stereocenters. The second-order valence-electron chi connectivity index (χ2n) is 4.41. The average molecular weight is 331 g/mol. The van der Waals surface area contributed by atoms with E-state index >= 15 is 0 Å². The van der Waals surface area contributed by atoms with E-state index < -0.39 is 4.92 Å². The van der Waals surface area contributed by atoms with Crippen LogP contribution in [0.3, 0.4) is 0 Å². The summed E-state index contributed by atoms with van der Waals surface area (Å²) < 4.78 is 11.9. The van der Waals surface area contributed by atoms with Gasteiger partial charge >= 0.3 is 5.69 Å². The van der Waals surface area contributed by atoms with E-state index in [1.807, 2.05) is 6.92 Å². The molecule has 19 heavy (non-hydrogen) atoms. The quantitative estimate of drug-likeness (QED) is 0.676. The molecule has 1 saturated heterocycles. The zero-order valence-corrected chi connectivity index (χ0v) is 12.1. The van der Waals surface area contributed by atoms with Crippen molar-refractivity contribution in [2.45, 2.75) is 19.1 Å². The lowest BCUT2D eigenvalue weighted by Crippen LogP contribution is -2.45. The summed E-state index contributed by atoms with van der Waals surface area (Å²) in [7, 11) is 0. The molecule has 7 heteroatoms. The molecule has 0 spiro atoms. The molecular weight excluding hydrogens is 316 g/mol. The van der Waals surface area contributed by atoms with Crippen LogP contribution in [0.2, 0.25) is 0 Å². The van der Waals surface area contributed by atoms with Crippen molar-refractivity contribution in [2.24, 2.45) is 0 Å². The van der Waals surface area contributed by atoms with Crippen LogP contribution in [0.15, 0.2) is 22.7 Å². The fraction of sp³-hybridized carbons (Fsp3) is 0.500. The molecule has 1 fully saturated rings. The SMILES string of the molecule is CC1CNCC(COc2cc(Br)ccc2[N+](=O)[O-])O1. The summed E-state index contributed by atoms with van der Waals surface area (Å²) in [6.07, 6.45) is 0.0298. The maximum absolute atomic E-state index is 10.9. The Morgan fingerprint density at radius 2 is 2.37 bits per heavy atom. The van der Waals surface area contributed by atoms with Crippen LogP contribution in [-0.2, 0) is 4.74 Å². The van der Waals surface area contributed by atoms with Gasteiger partial charge in [-0.1, -0.05) is 15.9 Å². The lowest BCUT2D eigenvalue weighted by atomic mass is 10.2. The molecule has 1 aromatic carbocycles. The standard InChI is InChI=1S/C12H15BrN2O4/c1-8-5-14-6-10(19-8)7-18-12-4-9(13)2-3-11(12)15(16)17/h2-4,8,10,14H,5-7H2,1H3. The molecule has 2 atom stereocenters. The Hall–Kier alpha value is -1.18. The Bertz CT molecular complexity index is 469. The summed E-state index contributed by atoms with van der Waals surface area (Å²) in [6.45, 7) is 3.76. The van der Waals surface area contributed by atoms with Crippen molar-refractivity contribution in [3.05, 3.63) is 32.8 Å². The molecule has 0 aliphatic carbocycles. The third-order valence-corrected chi connectivity index (χ3v) is 3.27. The van der Waals surface area contributed by atoms with E-state index in [4.69, 9.17) is 9.47 Å². The van der Waals surface area contributed by atoms with E-state index in [-0.39, 0.29) is 30.3 Å². The van der Waals surface area contributed by atoms with E-state index in [1.54, 1.807) is 12.1 Å². The maximum Gasteiger partial charge on any atom is 0.310 e. The molecule has 0 amide bonds. The van der Waals surface area contributed by atoms with Crippen molar-refractivity contribution >= 4 is 21.6 Å². The molecule has 6 nitrogen and oxygen atoms in total. The molecule has 1 N–H and O–H groups in total. The van der Waals surface area contributed by atoms with Crippen LogP contribution in [-0.4, -0.2) is 36.8 Å². The predicted molar refractivity (Wildman–Crippen MR) is 73.5 cm³/mol.